The van der Waals surface area contributed by atoms with E-state index in [1.54, 1.807) is 18.2 Å². The van der Waals surface area contributed by atoms with Crippen LogP contribution in [-0.2, 0) is 0 Å². The van der Waals surface area contributed by atoms with Crippen molar-refractivity contribution in [2.45, 2.75) is 51.0 Å². The second-order valence-corrected chi connectivity index (χ2v) is 7.27. The maximum absolute atomic E-state index is 13.1. The summed E-state index contributed by atoms with van der Waals surface area (Å²) in [5, 5.41) is 0. The maximum atomic E-state index is 13.1. The molecule has 2 aliphatic rings. The third kappa shape index (κ3) is 3.01. The molecular formula is C19H23N3O3. The van der Waals surface area contributed by atoms with E-state index in [2.05, 4.69) is 9.97 Å². The highest BCUT2D eigenvalue weighted by Crippen LogP contribution is 2.35. The van der Waals surface area contributed by atoms with Gasteiger partial charge in [-0.2, -0.15) is 0 Å². The molecule has 1 saturated carbocycles. The number of aromatic nitrogens is 2. The van der Waals surface area contributed by atoms with Gasteiger partial charge in [0.15, 0.2) is 0 Å². The summed E-state index contributed by atoms with van der Waals surface area (Å²) >= 11 is 0. The molecular weight excluding hydrogens is 318 g/mol. The van der Waals surface area contributed by atoms with Crippen LogP contribution in [0.4, 0.5) is 0 Å². The highest BCUT2D eigenvalue weighted by Gasteiger charge is 2.35. The normalized spacial score (nSPS) is 21.8. The highest BCUT2D eigenvalue weighted by atomic mass is 16.2. The van der Waals surface area contributed by atoms with E-state index in [0.29, 0.717) is 28.6 Å². The molecule has 1 aromatic carbocycles. The number of nitrogens with one attached hydrogen (secondary N) is 2. The zero-order valence-corrected chi connectivity index (χ0v) is 14.2. The molecule has 2 N–H and O–H groups in total. The summed E-state index contributed by atoms with van der Waals surface area (Å²) in [6, 6.07) is 5.43. The summed E-state index contributed by atoms with van der Waals surface area (Å²) < 4.78 is 0. The third-order valence-corrected chi connectivity index (χ3v) is 5.72. The summed E-state index contributed by atoms with van der Waals surface area (Å²) in [6.45, 7) is 0.806. The van der Waals surface area contributed by atoms with Crippen LogP contribution in [0.15, 0.2) is 27.8 Å². The van der Waals surface area contributed by atoms with Gasteiger partial charge in [-0.1, -0.05) is 19.3 Å². The van der Waals surface area contributed by atoms with Crippen LogP contribution >= 0.6 is 0 Å². The minimum Gasteiger partial charge on any atom is -0.335 e. The number of benzene rings is 1. The first-order valence-corrected chi connectivity index (χ1v) is 9.21. The van der Waals surface area contributed by atoms with Crippen molar-refractivity contribution in [3.8, 4) is 0 Å². The smallest absolute Gasteiger partial charge is 0.314 e. The first-order chi connectivity index (χ1) is 12.1. The van der Waals surface area contributed by atoms with Crippen LogP contribution in [0.1, 0.15) is 55.3 Å². The Morgan fingerprint density at radius 2 is 1.64 bits per heavy atom. The Morgan fingerprint density at radius 1 is 0.920 bits per heavy atom. The molecule has 1 aliphatic heterocycles. The minimum absolute atomic E-state index is 0.0297. The van der Waals surface area contributed by atoms with Gasteiger partial charge in [0.05, 0.1) is 11.0 Å². The second kappa shape index (κ2) is 6.50. The number of aromatic amines is 2. The van der Waals surface area contributed by atoms with Gasteiger partial charge < -0.3 is 14.9 Å². The average molecular weight is 341 g/mol. The van der Waals surface area contributed by atoms with E-state index in [1.807, 2.05) is 4.90 Å². The predicted molar refractivity (Wildman–Crippen MR) is 95.8 cm³/mol. The molecule has 6 nitrogen and oxygen atoms in total. The predicted octanol–water partition coefficient (Wildman–Crippen LogP) is 2.40. The van der Waals surface area contributed by atoms with Crippen LogP contribution in [0.3, 0.4) is 0 Å². The van der Waals surface area contributed by atoms with Gasteiger partial charge in [-0.3, -0.25) is 14.4 Å². The quantitative estimate of drug-likeness (QED) is 0.823. The molecule has 2 aromatic rings. The van der Waals surface area contributed by atoms with Crippen LogP contribution in [0.25, 0.3) is 11.0 Å². The van der Waals surface area contributed by atoms with Crippen molar-refractivity contribution in [3.63, 3.8) is 0 Å². The molecule has 1 atom stereocenters. The summed E-state index contributed by atoms with van der Waals surface area (Å²) in [4.78, 5) is 43.1. The van der Waals surface area contributed by atoms with Crippen LogP contribution in [-0.4, -0.2) is 33.4 Å². The lowest BCUT2D eigenvalue weighted by molar-refractivity contribution is 0.0661. The Labute approximate surface area is 145 Å². The van der Waals surface area contributed by atoms with Crippen LogP contribution < -0.4 is 11.1 Å². The molecule has 1 aromatic heterocycles. The Hall–Kier alpha value is -2.37. The molecule has 6 heteroatoms. The van der Waals surface area contributed by atoms with E-state index in [-0.39, 0.29) is 5.91 Å². The van der Waals surface area contributed by atoms with Crippen LogP contribution in [0, 0.1) is 5.92 Å². The van der Waals surface area contributed by atoms with Crippen LogP contribution in [0.2, 0.25) is 0 Å². The van der Waals surface area contributed by atoms with Gasteiger partial charge in [-0.25, -0.2) is 0 Å². The lowest BCUT2D eigenvalue weighted by Gasteiger charge is -2.34. The first-order valence-electron chi connectivity index (χ1n) is 9.21. The van der Waals surface area contributed by atoms with E-state index in [9.17, 15) is 14.4 Å². The number of hydrogen-bond acceptors (Lipinski definition) is 3. The van der Waals surface area contributed by atoms with Crippen molar-refractivity contribution in [3.05, 3.63) is 44.5 Å². The highest BCUT2D eigenvalue weighted by molar-refractivity contribution is 5.97. The summed E-state index contributed by atoms with van der Waals surface area (Å²) in [7, 11) is 0. The number of likely N-dealkylation sites (tertiary alicyclic amines) is 1. The van der Waals surface area contributed by atoms with Gasteiger partial charge in [0.25, 0.3) is 5.91 Å². The molecule has 0 bridgehead atoms. The number of carbonyl (C=O) groups excluding carboxylic acids is 1. The van der Waals surface area contributed by atoms with Crippen molar-refractivity contribution in [1.29, 1.82) is 0 Å². The van der Waals surface area contributed by atoms with Gasteiger partial charge in [0.2, 0.25) is 0 Å². The van der Waals surface area contributed by atoms with E-state index in [1.165, 1.54) is 32.1 Å². The molecule has 1 aliphatic carbocycles. The first kappa shape index (κ1) is 16.1. The van der Waals surface area contributed by atoms with Gasteiger partial charge in [-0.05, 0) is 49.8 Å². The fraction of sp³-hybridized carbons (Fsp3) is 0.526. The van der Waals surface area contributed by atoms with Crippen molar-refractivity contribution >= 4 is 16.9 Å². The number of H-pyrrole nitrogens is 2. The SMILES string of the molecule is O=C(c1ccc2[nH]c(=O)c(=O)[nH]c2c1)N1CCC[C@@H]1C1CCCCC1. The molecule has 1 amide bonds. The lowest BCUT2D eigenvalue weighted by Crippen LogP contribution is -2.40. The second-order valence-electron chi connectivity index (χ2n) is 7.27. The van der Waals surface area contributed by atoms with Gasteiger partial charge in [-0.15, -0.1) is 0 Å². The topological polar surface area (TPSA) is 86.0 Å². The Bertz CT molecular complexity index is 908. The third-order valence-electron chi connectivity index (χ3n) is 5.72. The molecule has 25 heavy (non-hydrogen) atoms. The van der Waals surface area contributed by atoms with E-state index in [4.69, 9.17) is 0 Å². The summed E-state index contributed by atoms with van der Waals surface area (Å²) in [6.07, 6.45) is 8.45. The van der Waals surface area contributed by atoms with Gasteiger partial charge >= 0.3 is 11.1 Å². The zero-order valence-electron chi connectivity index (χ0n) is 14.2. The average Bonchev–Trinajstić information content (AvgIpc) is 3.12. The summed E-state index contributed by atoms with van der Waals surface area (Å²) in [5.74, 6) is 0.652. The fourth-order valence-corrected chi connectivity index (χ4v) is 4.47. The molecule has 0 radical (unpaired) electrons. The van der Waals surface area contributed by atoms with Crippen molar-refractivity contribution in [2.24, 2.45) is 5.92 Å². The van der Waals surface area contributed by atoms with Crippen molar-refractivity contribution in [2.75, 3.05) is 6.54 Å². The fourth-order valence-electron chi connectivity index (χ4n) is 4.47. The van der Waals surface area contributed by atoms with E-state index in [0.717, 1.165) is 19.4 Å². The molecule has 2 fully saturated rings. The molecule has 1 saturated heterocycles. The monoisotopic (exact) mass is 341 g/mol. The van der Waals surface area contributed by atoms with Gasteiger partial charge in [0, 0.05) is 18.2 Å². The number of nitrogens with zero attached hydrogens (tertiary/aromatic N) is 1. The Balaban J connectivity index is 1.63. The number of amides is 1. The molecule has 132 valence electrons. The van der Waals surface area contributed by atoms with E-state index >= 15 is 0 Å². The number of carbonyl (C=O) groups is 1. The zero-order chi connectivity index (χ0) is 17.4. The lowest BCUT2D eigenvalue weighted by atomic mass is 9.83. The Morgan fingerprint density at radius 3 is 2.40 bits per heavy atom. The maximum Gasteiger partial charge on any atom is 0.314 e. The van der Waals surface area contributed by atoms with Crippen molar-refractivity contribution in [1.82, 2.24) is 14.9 Å². The standard InChI is InChI=1S/C19H23N3O3/c23-17-18(24)21-15-11-13(8-9-14(15)20-17)19(25)22-10-4-7-16(22)12-5-2-1-3-6-12/h8-9,11-12,16H,1-7,10H2,(H,20,23)(H,21,24)/t16-/m1/s1. The number of fused-ring (bicyclic) bond motifs is 1. The molecule has 4 rings (SSSR count). The molecule has 2 heterocycles. The minimum atomic E-state index is -0.696. The summed E-state index contributed by atoms with van der Waals surface area (Å²) in [5.41, 5.74) is 0.218. The Kier molecular flexibility index (Phi) is 4.19. The van der Waals surface area contributed by atoms with Crippen molar-refractivity contribution < 1.29 is 4.79 Å². The van der Waals surface area contributed by atoms with Crippen LogP contribution in [0.5, 0.6) is 0 Å². The number of hydrogen-bond donors (Lipinski definition) is 2. The van der Waals surface area contributed by atoms with Gasteiger partial charge in [0.1, 0.15) is 0 Å². The number of rotatable bonds is 2. The van der Waals surface area contributed by atoms with E-state index < -0.39 is 11.1 Å². The molecule has 0 spiro atoms. The largest absolute Gasteiger partial charge is 0.335 e. The molecule has 0 unspecified atom stereocenters.